The van der Waals surface area contributed by atoms with Crippen molar-refractivity contribution in [3.8, 4) is 0 Å². The van der Waals surface area contributed by atoms with Crippen LogP contribution in [0.25, 0.3) is 12.2 Å². The number of hydrogen-bond donors (Lipinski definition) is 0. The summed E-state index contributed by atoms with van der Waals surface area (Å²) in [5.41, 5.74) is 1.75. The van der Waals surface area contributed by atoms with Gasteiger partial charge < -0.3 is 9.80 Å². The Kier molecular flexibility index (Phi) is 10.2. The summed E-state index contributed by atoms with van der Waals surface area (Å²) in [6.07, 6.45) is 3.72. The minimum Gasteiger partial charge on any atom is -0.309 e. The Labute approximate surface area is 179 Å². The maximum absolute atomic E-state index is 12.4. The van der Waals surface area contributed by atoms with E-state index < -0.39 is 0 Å². The molecule has 1 rings (SSSR count). The zero-order valence-corrected chi connectivity index (χ0v) is 18.8. The van der Waals surface area contributed by atoms with Gasteiger partial charge >= 0.3 is 0 Å². The second-order valence-electron chi connectivity index (χ2n) is 7.85. The Hall–Kier alpha value is -2.70. The first kappa shape index (κ1) is 25.3. The summed E-state index contributed by atoms with van der Waals surface area (Å²) in [6, 6.07) is 7.04. The second kappa shape index (κ2) is 12.1. The van der Waals surface area contributed by atoms with E-state index in [2.05, 4.69) is 0 Å². The van der Waals surface area contributed by atoms with Gasteiger partial charge in [0.05, 0.1) is 11.1 Å². The van der Waals surface area contributed by atoms with Gasteiger partial charge in [-0.3, -0.25) is 19.2 Å². The van der Waals surface area contributed by atoms with Crippen molar-refractivity contribution >= 4 is 35.3 Å². The lowest BCUT2D eigenvalue weighted by Gasteiger charge is -2.10. The van der Waals surface area contributed by atoms with Crippen LogP contribution in [-0.2, 0) is 19.2 Å². The van der Waals surface area contributed by atoms with Crippen molar-refractivity contribution in [1.29, 1.82) is 0 Å². The molecular formula is C24H32N2O4. The normalized spacial score (nSPS) is 12.4. The monoisotopic (exact) mass is 412 g/mol. The highest BCUT2D eigenvalue weighted by Gasteiger charge is 2.16. The molecule has 0 saturated carbocycles. The largest absolute Gasteiger partial charge is 0.309 e. The van der Waals surface area contributed by atoms with Gasteiger partial charge in [0, 0.05) is 25.9 Å². The molecule has 0 N–H and O–H groups in total. The second-order valence-corrected chi connectivity index (χ2v) is 7.85. The molecule has 0 atom stereocenters. The van der Waals surface area contributed by atoms with Gasteiger partial charge in [-0.15, -0.1) is 0 Å². The van der Waals surface area contributed by atoms with Gasteiger partial charge in [0.1, 0.15) is 0 Å². The summed E-state index contributed by atoms with van der Waals surface area (Å²) < 4.78 is 0. The molecule has 0 aliphatic rings. The van der Waals surface area contributed by atoms with Crippen LogP contribution in [-0.4, -0.2) is 74.2 Å². The average Bonchev–Trinajstić information content (AvgIpc) is 2.66. The van der Waals surface area contributed by atoms with Crippen LogP contribution in [0, 0.1) is 0 Å². The third-order valence-electron chi connectivity index (χ3n) is 4.49. The van der Waals surface area contributed by atoms with E-state index in [-0.39, 0.29) is 47.1 Å². The zero-order valence-electron chi connectivity index (χ0n) is 18.8. The van der Waals surface area contributed by atoms with Crippen molar-refractivity contribution in [2.45, 2.75) is 26.7 Å². The van der Waals surface area contributed by atoms with E-state index in [9.17, 15) is 19.2 Å². The summed E-state index contributed by atoms with van der Waals surface area (Å²) in [5.74, 6) is -0.919. The van der Waals surface area contributed by atoms with Gasteiger partial charge in [-0.2, -0.15) is 0 Å². The number of ketones is 4. The Morgan fingerprint density at radius 1 is 0.667 bits per heavy atom. The van der Waals surface area contributed by atoms with Crippen LogP contribution in [0.2, 0.25) is 0 Å². The molecule has 0 heterocycles. The number of Topliss-reactive ketones (excluding diaryl/α,β-unsaturated/α-hetero) is 4. The maximum Gasteiger partial charge on any atom is 0.167 e. The molecule has 6 nitrogen and oxygen atoms in total. The predicted octanol–water partition coefficient (Wildman–Crippen LogP) is 2.67. The van der Waals surface area contributed by atoms with E-state index >= 15 is 0 Å². The Morgan fingerprint density at radius 3 is 1.20 bits per heavy atom. The van der Waals surface area contributed by atoms with Crippen molar-refractivity contribution in [3.63, 3.8) is 0 Å². The average molecular weight is 413 g/mol. The molecule has 1 aromatic carbocycles. The third-order valence-corrected chi connectivity index (χ3v) is 4.49. The van der Waals surface area contributed by atoms with Crippen LogP contribution in [0.15, 0.2) is 35.4 Å². The fourth-order valence-electron chi connectivity index (χ4n) is 2.70. The first-order valence-corrected chi connectivity index (χ1v) is 9.92. The number of hydrogen-bond acceptors (Lipinski definition) is 6. The van der Waals surface area contributed by atoms with Crippen molar-refractivity contribution in [3.05, 3.63) is 46.5 Å². The van der Waals surface area contributed by atoms with E-state index in [1.807, 2.05) is 38.0 Å². The number of benzene rings is 1. The lowest BCUT2D eigenvalue weighted by molar-refractivity contribution is -0.122. The number of nitrogens with zero attached hydrogens (tertiary/aromatic N) is 2. The molecule has 0 unspecified atom stereocenters. The van der Waals surface area contributed by atoms with Crippen molar-refractivity contribution in [2.75, 3.05) is 41.3 Å². The van der Waals surface area contributed by atoms with Crippen LogP contribution in [0.1, 0.15) is 37.8 Å². The third kappa shape index (κ3) is 8.76. The zero-order chi connectivity index (χ0) is 22.8. The molecule has 0 aromatic heterocycles. The summed E-state index contributed by atoms with van der Waals surface area (Å²) in [6.45, 7) is 3.91. The van der Waals surface area contributed by atoms with E-state index in [0.29, 0.717) is 24.2 Å². The first-order chi connectivity index (χ1) is 14.0. The summed E-state index contributed by atoms with van der Waals surface area (Å²) in [5, 5.41) is 0. The van der Waals surface area contributed by atoms with E-state index in [1.54, 1.807) is 36.4 Å². The Balaban J connectivity index is 3.06. The van der Waals surface area contributed by atoms with Crippen LogP contribution in [0.4, 0.5) is 0 Å². The van der Waals surface area contributed by atoms with Crippen LogP contribution in [0.3, 0.4) is 0 Å². The molecule has 1 aromatic rings. The molecule has 30 heavy (non-hydrogen) atoms. The number of allylic oxidation sites excluding steroid dienone is 2. The van der Waals surface area contributed by atoms with Gasteiger partial charge in [-0.1, -0.05) is 24.3 Å². The quantitative estimate of drug-likeness (QED) is 0.299. The molecule has 0 saturated heterocycles. The lowest BCUT2D eigenvalue weighted by atomic mass is 9.99. The van der Waals surface area contributed by atoms with Crippen molar-refractivity contribution < 1.29 is 19.2 Å². The van der Waals surface area contributed by atoms with Gasteiger partial charge in [0.25, 0.3) is 0 Å². The summed E-state index contributed by atoms with van der Waals surface area (Å²) >= 11 is 0. The highest BCUT2D eigenvalue weighted by atomic mass is 16.2. The summed E-state index contributed by atoms with van der Waals surface area (Å²) in [4.78, 5) is 52.3. The van der Waals surface area contributed by atoms with Gasteiger partial charge in [0.2, 0.25) is 0 Å². The molecule has 0 bridgehead atoms. The molecule has 0 fully saturated rings. The fraction of sp³-hybridized carbons (Fsp3) is 0.417. The molecule has 6 heteroatoms. The number of carbonyl (C=O) groups excluding carboxylic acids is 4. The van der Waals surface area contributed by atoms with E-state index in [0.717, 1.165) is 0 Å². The van der Waals surface area contributed by atoms with Crippen LogP contribution >= 0.6 is 0 Å². The number of rotatable bonds is 12. The minimum atomic E-state index is -0.270. The predicted molar refractivity (Wildman–Crippen MR) is 120 cm³/mol. The highest BCUT2D eigenvalue weighted by molar-refractivity contribution is 6.23. The topological polar surface area (TPSA) is 74.8 Å². The number of carbonyl (C=O) groups is 4. The van der Waals surface area contributed by atoms with E-state index in [4.69, 9.17) is 0 Å². The molecule has 0 radical (unpaired) electrons. The standard InChI is InChI=1S/C24H32N2O4/c1-17(27)21(23(29)11-13-25(3)4)15-19-7-9-20(10-8-19)16-22(18(2)28)24(30)12-14-26(5)6/h7-10,15-16H,11-14H2,1-6H3/b21-15+,22-16+. The molecule has 0 spiro atoms. The highest BCUT2D eigenvalue weighted by Crippen LogP contribution is 2.15. The smallest absolute Gasteiger partial charge is 0.167 e. The van der Waals surface area contributed by atoms with Gasteiger partial charge in [-0.25, -0.2) is 0 Å². The molecule has 162 valence electrons. The Bertz CT molecular complexity index is 775. The van der Waals surface area contributed by atoms with Crippen molar-refractivity contribution in [2.24, 2.45) is 0 Å². The Morgan fingerprint density at radius 2 is 0.967 bits per heavy atom. The minimum absolute atomic E-state index is 0.170. The van der Waals surface area contributed by atoms with E-state index in [1.165, 1.54) is 13.8 Å². The van der Waals surface area contributed by atoms with Crippen molar-refractivity contribution in [1.82, 2.24) is 9.80 Å². The molecule has 0 amide bonds. The van der Waals surface area contributed by atoms with Gasteiger partial charge in [0.15, 0.2) is 23.1 Å². The first-order valence-electron chi connectivity index (χ1n) is 9.92. The van der Waals surface area contributed by atoms with Gasteiger partial charge in [-0.05, 0) is 65.3 Å². The molecule has 0 aliphatic carbocycles. The SMILES string of the molecule is CC(=O)/C(=C\c1ccc(/C=C(\C(C)=O)C(=O)CCN(C)C)cc1)C(=O)CCN(C)C. The molecular weight excluding hydrogens is 380 g/mol. The van der Waals surface area contributed by atoms with Crippen LogP contribution < -0.4 is 0 Å². The fourth-order valence-corrected chi connectivity index (χ4v) is 2.70. The summed E-state index contributed by atoms with van der Waals surface area (Å²) in [7, 11) is 7.49. The maximum atomic E-state index is 12.4. The molecule has 0 aliphatic heterocycles. The van der Waals surface area contributed by atoms with Crippen LogP contribution in [0.5, 0.6) is 0 Å². The lowest BCUT2D eigenvalue weighted by Crippen LogP contribution is -2.19.